The predicted molar refractivity (Wildman–Crippen MR) is 116 cm³/mol. The molecule has 0 aliphatic heterocycles. The van der Waals surface area contributed by atoms with Crippen LogP contribution in [0.1, 0.15) is 63.6 Å². The molecule has 0 bridgehead atoms. The average molecular weight is 446 g/mol. The highest BCUT2D eigenvalue weighted by Crippen LogP contribution is 2.29. The lowest BCUT2D eigenvalue weighted by atomic mass is 9.87. The Labute approximate surface area is 187 Å². The van der Waals surface area contributed by atoms with E-state index >= 15 is 0 Å². The van der Waals surface area contributed by atoms with Gasteiger partial charge in [0.05, 0.1) is 30.5 Å². The van der Waals surface area contributed by atoms with Crippen LogP contribution in [-0.2, 0) is 16.1 Å². The molecule has 1 saturated carbocycles. The Morgan fingerprint density at radius 3 is 2.84 bits per heavy atom. The van der Waals surface area contributed by atoms with Gasteiger partial charge in [-0.1, -0.05) is 18.5 Å². The molecule has 174 valence electrons. The third-order valence-electron chi connectivity index (χ3n) is 5.64. The minimum absolute atomic E-state index is 0.133. The summed E-state index contributed by atoms with van der Waals surface area (Å²) in [5.74, 6) is -0.0732. The summed E-state index contributed by atoms with van der Waals surface area (Å²) in [7, 11) is 0. The van der Waals surface area contributed by atoms with Crippen molar-refractivity contribution in [3.8, 4) is 17.2 Å². The fraction of sp³-hybridized carbons (Fsp3) is 0.565. The summed E-state index contributed by atoms with van der Waals surface area (Å²) in [5, 5.41) is 16.0. The van der Waals surface area contributed by atoms with Crippen molar-refractivity contribution in [2.45, 2.75) is 78.0 Å². The number of hydrogen-bond donors (Lipinski definition) is 2. The van der Waals surface area contributed by atoms with Crippen molar-refractivity contribution in [1.82, 2.24) is 15.5 Å². The first-order chi connectivity index (χ1) is 15.4. The molecule has 9 nitrogen and oxygen atoms in total. The number of hydrogen-bond acceptors (Lipinski definition) is 7. The average Bonchev–Trinajstić information content (AvgIpc) is 3.13. The molecule has 0 aromatic carbocycles. The van der Waals surface area contributed by atoms with Gasteiger partial charge in [-0.25, -0.2) is 9.78 Å². The van der Waals surface area contributed by atoms with Crippen LogP contribution < -0.4 is 10.1 Å². The number of rotatable bonds is 9. The number of aromatic nitrogens is 2. The summed E-state index contributed by atoms with van der Waals surface area (Å²) < 4.78 is 16.7. The summed E-state index contributed by atoms with van der Waals surface area (Å²) in [5.41, 5.74) is 1.95. The lowest BCUT2D eigenvalue weighted by Crippen LogP contribution is -2.29. The zero-order valence-electron chi connectivity index (χ0n) is 18.8. The lowest BCUT2D eigenvalue weighted by molar-refractivity contribution is -0.143. The summed E-state index contributed by atoms with van der Waals surface area (Å²) in [6.07, 6.45) is 5.43. The predicted octanol–water partition coefficient (Wildman–Crippen LogP) is 4.48. The molecule has 2 heterocycles. The van der Waals surface area contributed by atoms with Crippen LogP contribution in [0.4, 0.5) is 4.79 Å². The Balaban J connectivity index is 1.61. The highest BCUT2D eigenvalue weighted by atomic mass is 16.6. The molecule has 0 radical (unpaired) electrons. The maximum atomic E-state index is 12.0. The minimum atomic E-state index is -0.766. The van der Waals surface area contributed by atoms with Gasteiger partial charge in [0.1, 0.15) is 17.5 Å². The Morgan fingerprint density at radius 1 is 1.34 bits per heavy atom. The number of amides is 1. The van der Waals surface area contributed by atoms with Gasteiger partial charge in [0.15, 0.2) is 5.76 Å². The van der Waals surface area contributed by atoms with E-state index in [4.69, 9.17) is 14.0 Å². The van der Waals surface area contributed by atoms with Gasteiger partial charge in [-0.3, -0.25) is 4.79 Å². The number of aliphatic carboxylic acids is 1. The number of pyridine rings is 1. The third kappa shape index (κ3) is 6.21. The van der Waals surface area contributed by atoms with E-state index in [2.05, 4.69) is 15.5 Å². The summed E-state index contributed by atoms with van der Waals surface area (Å²) in [4.78, 5) is 27.7. The van der Waals surface area contributed by atoms with E-state index in [0.717, 1.165) is 31.2 Å². The fourth-order valence-corrected chi connectivity index (χ4v) is 3.90. The van der Waals surface area contributed by atoms with Crippen molar-refractivity contribution in [2.24, 2.45) is 5.92 Å². The largest absolute Gasteiger partial charge is 0.489 e. The second-order valence-corrected chi connectivity index (χ2v) is 8.25. The SMILES string of the molecule is CCCC(C)OC(=O)NCc1c(C)noc1-c1ccc(O[C@H]2CCC[C@H](C(=O)O)C2)cn1. The maximum absolute atomic E-state index is 12.0. The number of alkyl carbamates (subject to hydrolysis) is 1. The summed E-state index contributed by atoms with van der Waals surface area (Å²) >= 11 is 0. The third-order valence-corrected chi connectivity index (χ3v) is 5.64. The molecule has 1 aliphatic carbocycles. The first-order valence-electron chi connectivity index (χ1n) is 11.1. The molecule has 2 aromatic heterocycles. The normalized spacial score (nSPS) is 19.2. The number of carbonyl (C=O) groups excluding carboxylic acids is 1. The van der Waals surface area contributed by atoms with Crippen molar-refractivity contribution in [3.63, 3.8) is 0 Å². The van der Waals surface area contributed by atoms with E-state index in [-0.39, 0.29) is 24.7 Å². The molecule has 1 fully saturated rings. The van der Waals surface area contributed by atoms with E-state index in [9.17, 15) is 14.7 Å². The van der Waals surface area contributed by atoms with Crippen molar-refractivity contribution < 1.29 is 28.7 Å². The van der Waals surface area contributed by atoms with Crippen LogP contribution in [0.2, 0.25) is 0 Å². The van der Waals surface area contributed by atoms with Crippen molar-refractivity contribution in [1.29, 1.82) is 0 Å². The van der Waals surface area contributed by atoms with Gasteiger partial charge >= 0.3 is 12.1 Å². The second-order valence-electron chi connectivity index (χ2n) is 8.25. The van der Waals surface area contributed by atoms with E-state index in [1.807, 2.05) is 13.8 Å². The Bertz CT molecular complexity index is 911. The number of nitrogens with zero attached hydrogens (tertiary/aromatic N) is 2. The first-order valence-corrected chi connectivity index (χ1v) is 11.1. The van der Waals surface area contributed by atoms with E-state index in [1.165, 1.54) is 0 Å². The minimum Gasteiger partial charge on any atom is -0.489 e. The summed E-state index contributed by atoms with van der Waals surface area (Å²) in [6.45, 7) is 5.91. The quantitative estimate of drug-likeness (QED) is 0.579. The van der Waals surface area contributed by atoms with Crippen LogP contribution in [0, 0.1) is 12.8 Å². The van der Waals surface area contributed by atoms with Gasteiger partial charge in [0.25, 0.3) is 0 Å². The molecule has 2 N–H and O–H groups in total. The number of carboxylic acid groups (broad SMARTS) is 1. The van der Waals surface area contributed by atoms with Crippen LogP contribution in [0.25, 0.3) is 11.5 Å². The molecule has 0 saturated heterocycles. The van der Waals surface area contributed by atoms with Gasteiger partial charge in [-0.15, -0.1) is 0 Å². The monoisotopic (exact) mass is 445 g/mol. The molecule has 1 amide bonds. The van der Waals surface area contributed by atoms with Gasteiger partial charge in [-0.05, 0) is 58.1 Å². The molecule has 3 rings (SSSR count). The fourth-order valence-electron chi connectivity index (χ4n) is 3.90. The van der Waals surface area contributed by atoms with Crippen molar-refractivity contribution >= 4 is 12.1 Å². The smallest absolute Gasteiger partial charge is 0.407 e. The van der Waals surface area contributed by atoms with Gasteiger partial charge in [-0.2, -0.15) is 0 Å². The molecule has 1 unspecified atom stereocenters. The lowest BCUT2D eigenvalue weighted by Gasteiger charge is -2.27. The zero-order valence-corrected chi connectivity index (χ0v) is 18.8. The van der Waals surface area contributed by atoms with Crippen LogP contribution in [0.3, 0.4) is 0 Å². The standard InChI is InChI=1S/C23H31N3O6/c1-4-6-14(2)30-23(29)25-13-19-15(3)26-32-21(19)20-10-9-18(12-24-20)31-17-8-5-7-16(11-17)22(27)28/h9-10,12,14,16-17H,4-8,11,13H2,1-3H3,(H,25,29)(H,27,28)/t14?,16-,17-/m0/s1. The molecular formula is C23H31N3O6. The highest BCUT2D eigenvalue weighted by Gasteiger charge is 2.28. The van der Waals surface area contributed by atoms with Crippen LogP contribution in [0.5, 0.6) is 5.75 Å². The van der Waals surface area contributed by atoms with Crippen molar-refractivity contribution in [2.75, 3.05) is 0 Å². The molecule has 2 aromatic rings. The van der Waals surface area contributed by atoms with E-state index < -0.39 is 12.1 Å². The number of ether oxygens (including phenoxy) is 2. The summed E-state index contributed by atoms with van der Waals surface area (Å²) in [6, 6.07) is 3.54. The van der Waals surface area contributed by atoms with Crippen LogP contribution in [-0.4, -0.2) is 39.5 Å². The van der Waals surface area contributed by atoms with Crippen LogP contribution in [0.15, 0.2) is 22.9 Å². The number of nitrogens with one attached hydrogen (secondary N) is 1. The Hall–Kier alpha value is -3.10. The first kappa shape index (κ1) is 23.6. The van der Waals surface area contributed by atoms with Crippen molar-refractivity contribution in [3.05, 3.63) is 29.6 Å². The van der Waals surface area contributed by atoms with E-state index in [0.29, 0.717) is 35.7 Å². The van der Waals surface area contributed by atoms with Gasteiger partial charge in [0.2, 0.25) is 0 Å². The van der Waals surface area contributed by atoms with E-state index in [1.54, 1.807) is 25.3 Å². The highest BCUT2D eigenvalue weighted by molar-refractivity contribution is 5.70. The Morgan fingerprint density at radius 2 is 2.16 bits per heavy atom. The number of carbonyl (C=O) groups is 2. The molecule has 3 atom stereocenters. The Kier molecular flexibility index (Phi) is 8.08. The van der Waals surface area contributed by atoms with Gasteiger partial charge in [0, 0.05) is 5.56 Å². The molecule has 0 spiro atoms. The number of aryl methyl sites for hydroxylation is 1. The zero-order chi connectivity index (χ0) is 23.1. The molecular weight excluding hydrogens is 414 g/mol. The van der Waals surface area contributed by atoms with Gasteiger partial charge < -0.3 is 24.4 Å². The molecule has 9 heteroatoms. The number of carboxylic acids is 1. The maximum Gasteiger partial charge on any atom is 0.407 e. The topological polar surface area (TPSA) is 124 Å². The van der Waals surface area contributed by atoms with Crippen LogP contribution >= 0.6 is 0 Å². The second kappa shape index (κ2) is 11.0. The molecule has 32 heavy (non-hydrogen) atoms. The molecule has 1 aliphatic rings.